The number of aliphatic hydroxyl groups excluding tert-OH is 1. The topological polar surface area (TPSA) is 84.2 Å². The quantitative estimate of drug-likeness (QED) is 0.596. The molecule has 8 rings (SSSR count). The van der Waals surface area contributed by atoms with Crippen molar-refractivity contribution in [2.24, 2.45) is 29.1 Å². The molecule has 0 saturated heterocycles. The van der Waals surface area contributed by atoms with Gasteiger partial charge in [-0.1, -0.05) is 18.6 Å². The number of benzene rings is 1. The molecule has 2 N–H and O–H groups in total. The number of nitrogens with zero attached hydrogens (tertiary/aromatic N) is 2. The second-order valence-corrected chi connectivity index (χ2v) is 14.0. The maximum atomic E-state index is 14.9. The second kappa shape index (κ2) is 7.86. The van der Waals surface area contributed by atoms with E-state index in [0.29, 0.717) is 23.8 Å². The molecule has 4 bridgehead atoms. The molecule has 6 aliphatic rings. The van der Waals surface area contributed by atoms with Crippen molar-refractivity contribution in [3.63, 3.8) is 0 Å². The van der Waals surface area contributed by atoms with Crippen LogP contribution in [0.2, 0.25) is 0 Å². The average Bonchev–Trinajstić information content (AvgIpc) is 3.36. The molecule has 1 aliphatic heterocycles. The third kappa shape index (κ3) is 3.54. The Labute approximate surface area is 206 Å². The van der Waals surface area contributed by atoms with Crippen molar-refractivity contribution in [3.8, 4) is 11.3 Å². The van der Waals surface area contributed by atoms with Crippen molar-refractivity contribution < 1.29 is 17.9 Å². The summed E-state index contributed by atoms with van der Waals surface area (Å²) in [6.07, 6.45) is 11.4. The fourth-order valence-corrected chi connectivity index (χ4v) is 10.5. The van der Waals surface area contributed by atoms with Gasteiger partial charge in [-0.2, -0.15) is 0 Å². The predicted octanol–water partition coefficient (Wildman–Crippen LogP) is 4.26. The van der Waals surface area contributed by atoms with Crippen LogP contribution in [0.1, 0.15) is 69.4 Å². The van der Waals surface area contributed by atoms with E-state index in [1.165, 1.54) is 6.07 Å². The number of aliphatic hydroxyl groups is 1. The Kier molecular flexibility index (Phi) is 5.04. The number of hydrogen-bond acceptors (Lipinski definition) is 4. The lowest BCUT2D eigenvalue weighted by Gasteiger charge is -2.61. The molecule has 1 aromatic heterocycles. The lowest BCUT2D eigenvalue weighted by atomic mass is 9.46. The van der Waals surface area contributed by atoms with E-state index in [1.54, 1.807) is 18.6 Å². The molecular weight excluding hydrogens is 465 g/mol. The molecule has 8 heteroatoms. The molecule has 5 aliphatic carbocycles. The second-order valence-electron chi connectivity index (χ2n) is 12.2. The van der Waals surface area contributed by atoms with Crippen LogP contribution >= 0.6 is 0 Å². The smallest absolute Gasteiger partial charge is 0.212 e. The summed E-state index contributed by atoms with van der Waals surface area (Å²) in [7, 11) is -3.27. The maximum absolute atomic E-state index is 14.9. The Morgan fingerprint density at radius 3 is 2.69 bits per heavy atom. The molecule has 1 aromatic carbocycles. The first kappa shape index (κ1) is 22.4. The Morgan fingerprint density at radius 2 is 1.97 bits per heavy atom. The van der Waals surface area contributed by atoms with Crippen molar-refractivity contribution in [2.45, 2.75) is 76.0 Å². The van der Waals surface area contributed by atoms with Crippen LogP contribution in [0.3, 0.4) is 0 Å². The molecule has 2 heterocycles. The first-order valence-corrected chi connectivity index (χ1v) is 15.0. The van der Waals surface area contributed by atoms with Gasteiger partial charge < -0.3 is 9.67 Å². The van der Waals surface area contributed by atoms with E-state index in [4.69, 9.17) is 0 Å². The summed E-state index contributed by atoms with van der Waals surface area (Å²) in [4.78, 5) is 4.29. The normalized spacial score (nSPS) is 36.1. The van der Waals surface area contributed by atoms with Gasteiger partial charge in [-0.3, -0.25) is 0 Å². The maximum Gasteiger partial charge on any atom is 0.212 e. The zero-order valence-corrected chi connectivity index (χ0v) is 20.8. The molecule has 2 aromatic rings. The van der Waals surface area contributed by atoms with E-state index in [-0.39, 0.29) is 40.9 Å². The number of sulfonamides is 1. The number of nitrogens with one attached hydrogen (secondary N) is 1. The third-order valence-electron chi connectivity index (χ3n) is 10.1. The molecule has 0 spiro atoms. The highest BCUT2D eigenvalue weighted by atomic mass is 32.2. The highest BCUT2D eigenvalue weighted by molar-refractivity contribution is 7.89. The summed E-state index contributed by atoms with van der Waals surface area (Å²) in [5.41, 5.74) is 2.23. The lowest BCUT2D eigenvalue weighted by Crippen LogP contribution is -2.62. The summed E-state index contributed by atoms with van der Waals surface area (Å²) in [6.45, 7) is 0. The van der Waals surface area contributed by atoms with Crippen LogP contribution in [0.4, 0.5) is 4.39 Å². The van der Waals surface area contributed by atoms with Gasteiger partial charge in [-0.25, -0.2) is 22.5 Å². The fraction of sp³-hybridized carbons (Fsp3) is 0.667. The van der Waals surface area contributed by atoms with Crippen LogP contribution < -0.4 is 4.72 Å². The van der Waals surface area contributed by atoms with E-state index in [2.05, 4.69) is 9.71 Å². The van der Waals surface area contributed by atoms with Crippen molar-refractivity contribution in [1.29, 1.82) is 0 Å². The van der Waals surface area contributed by atoms with E-state index < -0.39 is 16.1 Å². The van der Waals surface area contributed by atoms with Gasteiger partial charge in [0, 0.05) is 17.2 Å². The van der Waals surface area contributed by atoms with Gasteiger partial charge in [0.15, 0.2) is 0 Å². The molecule has 6 nitrogen and oxygen atoms in total. The fourth-order valence-electron chi connectivity index (χ4n) is 8.61. The molecule has 35 heavy (non-hydrogen) atoms. The molecule has 5 fully saturated rings. The van der Waals surface area contributed by atoms with Crippen LogP contribution in [0.15, 0.2) is 30.7 Å². The van der Waals surface area contributed by atoms with Crippen molar-refractivity contribution in [2.75, 3.05) is 5.75 Å². The minimum atomic E-state index is -3.27. The Balaban J connectivity index is 1.12. The Hall–Kier alpha value is -1.77. The molecule has 0 amide bonds. The van der Waals surface area contributed by atoms with Crippen LogP contribution in [-0.4, -0.2) is 41.0 Å². The van der Waals surface area contributed by atoms with E-state index >= 15 is 0 Å². The summed E-state index contributed by atoms with van der Waals surface area (Å²) < 4.78 is 45.9. The molecule has 0 radical (unpaired) electrons. The molecular formula is C27H34FN3O3S. The van der Waals surface area contributed by atoms with Gasteiger partial charge in [0.05, 0.1) is 36.1 Å². The van der Waals surface area contributed by atoms with Crippen LogP contribution in [0, 0.1) is 34.9 Å². The van der Waals surface area contributed by atoms with Gasteiger partial charge in [0.2, 0.25) is 10.0 Å². The van der Waals surface area contributed by atoms with Gasteiger partial charge in [-0.05, 0) is 86.5 Å². The molecule has 4 atom stereocenters. The third-order valence-corrected chi connectivity index (χ3v) is 11.7. The predicted molar refractivity (Wildman–Crippen MR) is 130 cm³/mol. The monoisotopic (exact) mass is 499 g/mol. The molecule has 4 unspecified atom stereocenters. The zero-order chi connectivity index (χ0) is 23.9. The number of hydrogen-bond donors (Lipinski definition) is 2. The lowest BCUT2D eigenvalue weighted by molar-refractivity contribution is -0.134. The van der Waals surface area contributed by atoms with E-state index in [0.717, 1.165) is 62.6 Å². The van der Waals surface area contributed by atoms with E-state index in [9.17, 15) is 17.9 Å². The van der Waals surface area contributed by atoms with E-state index in [1.807, 2.05) is 10.6 Å². The zero-order valence-electron chi connectivity index (χ0n) is 19.9. The first-order chi connectivity index (χ1) is 16.8. The number of rotatable bonds is 7. The number of aromatic nitrogens is 2. The minimum absolute atomic E-state index is 0.00172. The highest BCUT2D eigenvalue weighted by Gasteiger charge is 2.58. The Bertz CT molecular complexity index is 1240. The van der Waals surface area contributed by atoms with Crippen LogP contribution in [-0.2, 0) is 10.0 Å². The summed E-state index contributed by atoms with van der Waals surface area (Å²) >= 11 is 0. The number of fused-ring (bicyclic) bond motifs is 3. The van der Waals surface area contributed by atoms with Gasteiger partial charge in [0.1, 0.15) is 5.82 Å². The van der Waals surface area contributed by atoms with Gasteiger partial charge in [0.25, 0.3) is 0 Å². The minimum Gasteiger partial charge on any atom is -0.392 e. The SMILES string of the molecule is O=S(=O)(CC1CCC1)NC1C2CC3CC1CC(C(O)CC1c4c(F)cccc4-c4cncn41)(C3)C2. The summed E-state index contributed by atoms with van der Waals surface area (Å²) in [5, 5.41) is 11.7. The largest absolute Gasteiger partial charge is 0.392 e. The Morgan fingerprint density at radius 1 is 1.20 bits per heavy atom. The van der Waals surface area contributed by atoms with Crippen molar-refractivity contribution in [3.05, 3.63) is 42.1 Å². The highest BCUT2D eigenvalue weighted by Crippen LogP contribution is 2.62. The van der Waals surface area contributed by atoms with Gasteiger partial charge >= 0.3 is 0 Å². The number of halogens is 1. The number of imidazole rings is 1. The summed E-state index contributed by atoms with van der Waals surface area (Å²) in [6, 6.07) is 4.91. The molecule has 188 valence electrons. The van der Waals surface area contributed by atoms with Gasteiger partial charge in [-0.15, -0.1) is 0 Å². The van der Waals surface area contributed by atoms with Crippen molar-refractivity contribution in [1.82, 2.24) is 14.3 Å². The average molecular weight is 500 g/mol. The molecule has 5 saturated carbocycles. The van der Waals surface area contributed by atoms with Crippen molar-refractivity contribution >= 4 is 10.0 Å². The van der Waals surface area contributed by atoms with Crippen LogP contribution in [0.5, 0.6) is 0 Å². The van der Waals surface area contributed by atoms with Crippen LogP contribution in [0.25, 0.3) is 11.3 Å². The first-order valence-electron chi connectivity index (χ1n) is 13.3. The standard InChI is InChI=1S/C27H34FN3O3S/c28-21-6-2-5-20-23-13-29-15-31(23)22(25(20)21)9-24(32)27-10-17-7-18(11-27)26(19(8-17)12-27)30-35(33,34)14-16-3-1-4-16/h2,5-6,13,15-19,22,24,26,30,32H,1,3-4,7-12,14H2. The summed E-state index contributed by atoms with van der Waals surface area (Å²) in [5.74, 6) is 1.47.